The van der Waals surface area contributed by atoms with Gasteiger partial charge in [0.2, 0.25) is 0 Å². The fourth-order valence-electron chi connectivity index (χ4n) is 3.44. The number of hydroxylamine groups is 2. The summed E-state index contributed by atoms with van der Waals surface area (Å²) >= 11 is 0. The van der Waals surface area contributed by atoms with Crippen molar-refractivity contribution in [3.63, 3.8) is 0 Å². The Balaban J connectivity index is 1.64. The van der Waals surface area contributed by atoms with E-state index in [-0.39, 0.29) is 24.1 Å². The molecule has 0 N–H and O–H groups in total. The van der Waals surface area contributed by atoms with Crippen LogP contribution in [-0.2, 0) is 19.1 Å². The normalized spacial score (nSPS) is 20.8. The van der Waals surface area contributed by atoms with Crippen LogP contribution in [0.2, 0.25) is 0 Å². The molecule has 1 unspecified atom stereocenters. The molecule has 1 fully saturated rings. The molecule has 0 bridgehead atoms. The first kappa shape index (κ1) is 21.8. The fourth-order valence-corrected chi connectivity index (χ4v) is 3.44. The maximum atomic E-state index is 12.5. The molecule has 2 aliphatic heterocycles. The van der Waals surface area contributed by atoms with E-state index in [1.54, 1.807) is 46.8 Å². The summed E-state index contributed by atoms with van der Waals surface area (Å²) in [5, 5.41) is 0.465. The highest BCUT2D eigenvalue weighted by molar-refractivity contribution is 6.20. The number of carbonyl (C=O) groups is 4. The summed E-state index contributed by atoms with van der Waals surface area (Å²) in [6.07, 6.45) is -1.42. The first-order valence-electron chi connectivity index (χ1n) is 9.71. The molecule has 0 aromatic heterocycles. The maximum absolute atomic E-state index is 12.5. The number of nitrogens with zero attached hydrogens (tertiary/aromatic N) is 2. The van der Waals surface area contributed by atoms with Gasteiger partial charge in [-0.25, -0.2) is 9.59 Å². The van der Waals surface area contributed by atoms with Crippen molar-refractivity contribution in [3.05, 3.63) is 35.4 Å². The molecule has 162 valence electrons. The zero-order valence-corrected chi connectivity index (χ0v) is 17.8. The van der Waals surface area contributed by atoms with Crippen LogP contribution in [0.25, 0.3) is 0 Å². The van der Waals surface area contributed by atoms with E-state index >= 15 is 0 Å². The molecule has 0 radical (unpaired) electrons. The van der Waals surface area contributed by atoms with Crippen LogP contribution in [-0.4, -0.2) is 64.2 Å². The Morgan fingerprint density at radius 2 is 1.70 bits per heavy atom. The summed E-state index contributed by atoms with van der Waals surface area (Å²) in [5.74, 6) is -2.19. The molecule has 0 spiro atoms. The van der Waals surface area contributed by atoms with Crippen molar-refractivity contribution >= 4 is 23.9 Å². The van der Waals surface area contributed by atoms with Gasteiger partial charge in [-0.3, -0.25) is 9.59 Å². The van der Waals surface area contributed by atoms with Gasteiger partial charge in [-0.05, 0) is 46.8 Å². The summed E-state index contributed by atoms with van der Waals surface area (Å²) < 4.78 is 11.3. The number of hydrogen-bond acceptors (Lipinski definition) is 7. The third kappa shape index (κ3) is 4.79. The van der Waals surface area contributed by atoms with Gasteiger partial charge < -0.3 is 19.2 Å². The summed E-state index contributed by atoms with van der Waals surface area (Å²) in [7, 11) is 0. The summed E-state index contributed by atoms with van der Waals surface area (Å²) in [6, 6.07) is 6.24. The Hall–Kier alpha value is -2.94. The molecule has 2 heterocycles. The highest BCUT2D eigenvalue weighted by atomic mass is 16.7. The lowest BCUT2D eigenvalue weighted by atomic mass is 10.0. The van der Waals surface area contributed by atoms with Crippen molar-refractivity contribution in [2.24, 2.45) is 0 Å². The summed E-state index contributed by atoms with van der Waals surface area (Å²) in [4.78, 5) is 56.1. The third-order valence-corrected chi connectivity index (χ3v) is 4.48. The van der Waals surface area contributed by atoms with Crippen LogP contribution < -0.4 is 0 Å². The topological polar surface area (TPSA) is 102 Å². The van der Waals surface area contributed by atoms with Gasteiger partial charge in [0.25, 0.3) is 11.8 Å². The number of amides is 3. The quantitative estimate of drug-likeness (QED) is 0.695. The smallest absolute Gasteiger partial charge is 0.410 e. The standard InChI is InChI=1S/C21H26N2O7/c1-20(2,3)29-19(27)22-11-13(28-21(4,5)12-22)10-16(24)30-23-17(25)14-8-6-7-9-15(14)18(23)26/h6-9,13H,10-12H2,1-5H3. The van der Waals surface area contributed by atoms with E-state index in [4.69, 9.17) is 14.3 Å². The largest absolute Gasteiger partial charge is 0.444 e. The van der Waals surface area contributed by atoms with Gasteiger partial charge in [-0.1, -0.05) is 17.2 Å². The van der Waals surface area contributed by atoms with E-state index in [1.807, 2.05) is 0 Å². The molecular formula is C21H26N2O7. The van der Waals surface area contributed by atoms with E-state index in [2.05, 4.69) is 0 Å². The Morgan fingerprint density at radius 3 is 2.23 bits per heavy atom. The zero-order chi connectivity index (χ0) is 22.3. The number of ether oxygens (including phenoxy) is 2. The lowest BCUT2D eigenvalue weighted by Crippen LogP contribution is -2.56. The van der Waals surface area contributed by atoms with Gasteiger partial charge in [-0.15, -0.1) is 0 Å². The number of hydrogen-bond donors (Lipinski definition) is 0. The van der Waals surface area contributed by atoms with E-state index in [9.17, 15) is 19.2 Å². The second-order valence-electron chi connectivity index (χ2n) is 8.98. The predicted molar refractivity (Wildman–Crippen MR) is 104 cm³/mol. The van der Waals surface area contributed by atoms with Crippen molar-refractivity contribution in [3.8, 4) is 0 Å². The first-order valence-corrected chi connectivity index (χ1v) is 9.71. The Labute approximate surface area is 174 Å². The molecule has 30 heavy (non-hydrogen) atoms. The maximum Gasteiger partial charge on any atom is 0.410 e. The molecule has 1 aromatic rings. The summed E-state index contributed by atoms with van der Waals surface area (Å²) in [6.45, 7) is 9.33. The zero-order valence-electron chi connectivity index (χ0n) is 17.8. The van der Waals surface area contributed by atoms with Crippen molar-refractivity contribution in [1.82, 2.24) is 9.96 Å². The van der Waals surface area contributed by atoms with Crippen LogP contribution >= 0.6 is 0 Å². The Kier molecular flexibility index (Phi) is 5.60. The number of carbonyl (C=O) groups excluding carboxylic acids is 4. The van der Waals surface area contributed by atoms with Crippen LogP contribution in [0.5, 0.6) is 0 Å². The average molecular weight is 418 g/mol. The minimum absolute atomic E-state index is 0.121. The van der Waals surface area contributed by atoms with Gasteiger partial charge in [-0.2, -0.15) is 0 Å². The molecule has 1 atom stereocenters. The lowest BCUT2D eigenvalue weighted by molar-refractivity contribution is -0.180. The number of benzene rings is 1. The van der Waals surface area contributed by atoms with Crippen LogP contribution in [0.15, 0.2) is 24.3 Å². The van der Waals surface area contributed by atoms with Gasteiger partial charge in [0, 0.05) is 0 Å². The van der Waals surface area contributed by atoms with Gasteiger partial charge in [0.1, 0.15) is 5.60 Å². The van der Waals surface area contributed by atoms with Crippen molar-refractivity contribution in [2.75, 3.05) is 13.1 Å². The molecule has 3 rings (SSSR count). The SMILES string of the molecule is CC(C)(C)OC(=O)N1CC(CC(=O)ON2C(=O)c3ccccc3C2=O)OC(C)(C)C1. The van der Waals surface area contributed by atoms with E-state index in [0.29, 0.717) is 11.6 Å². The van der Waals surface area contributed by atoms with Crippen LogP contribution in [0.1, 0.15) is 61.8 Å². The second kappa shape index (κ2) is 7.71. The number of imide groups is 1. The van der Waals surface area contributed by atoms with Crippen molar-refractivity contribution < 1.29 is 33.5 Å². The van der Waals surface area contributed by atoms with E-state index < -0.39 is 41.2 Å². The fraction of sp³-hybridized carbons (Fsp3) is 0.524. The molecular weight excluding hydrogens is 392 g/mol. The van der Waals surface area contributed by atoms with Crippen LogP contribution in [0, 0.1) is 0 Å². The number of fused-ring (bicyclic) bond motifs is 1. The summed E-state index contributed by atoms with van der Waals surface area (Å²) in [5.41, 5.74) is -1.00. The van der Waals surface area contributed by atoms with E-state index in [1.165, 1.54) is 17.0 Å². The number of morpholine rings is 1. The average Bonchev–Trinajstić information content (AvgIpc) is 2.84. The third-order valence-electron chi connectivity index (χ3n) is 4.48. The monoisotopic (exact) mass is 418 g/mol. The molecule has 0 aliphatic carbocycles. The molecule has 3 amide bonds. The molecule has 9 nitrogen and oxygen atoms in total. The molecule has 0 saturated carbocycles. The lowest BCUT2D eigenvalue weighted by Gasteiger charge is -2.42. The van der Waals surface area contributed by atoms with Crippen LogP contribution in [0.4, 0.5) is 4.79 Å². The van der Waals surface area contributed by atoms with E-state index in [0.717, 1.165) is 0 Å². The number of rotatable bonds is 3. The van der Waals surface area contributed by atoms with Crippen molar-refractivity contribution in [2.45, 2.75) is 58.3 Å². The predicted octanol–water partition coefficient (Wildman–Crippen LogP) is 2.55. The minimum Gasteiger partial charge on any atom is -0.444 e. The molecule has 2 aliphatic rings. The Bertz CT molecular complexity index is 853. The Morgan fingerprint density at radius 1 is 1.13 bits per heavy atom. The first-order chi connectivity index (χ1) is 13.9. The minimum atomic E-state index is -0.809. The highest BCUT2D eigenvalue weighted by Crippen LogP contribution is 2.26. The van der Waals surface area contributed by atoms with Gasteiger partial charge in [0.15, 0.2) is 0 Å². The van der Waals surface area contributed by atoms with Crippen molar-refractivity contribution in [1.29, 1.82) is 0 Å². The highest BCUT2D eigenvalue weighted by Gasteiger charge is 2.41. The molecule has 9 heteroatoms. The van der Waals surface area contributed by atoms with Crippen LogP contribution in [0.3, 0.4) is 0 Å². The molecule has 1 saturated heterocycles. The van der Waals surface area contributed by atoms with Gasteiger partial charge in [0.05, 0.1) is 42.3 Å². The van der Waals surface area contributed by atoms with Gasteiger partial charge >= 0.3 is 12.1 Å². The molecule has 1 aromatic carbocycles. The second-order valence-corrected chi connectivity index (χ2v) is 8.98.